The molecule has 26 heavy (non-hydrogen) atoms. The molecule has 0 saturated carbocycles. The summed E-state index contributed by atoms with van der Waals surface area (Å²) in [4.78, 5) is 4.58. The predicted molar refractivity (Wildman–Crippen MR) is 109 cm³/mol. The van der Waals surface area contributed by atoms with Crippen LogP contribution in [0, 0.1) is 13.8 Å². The van der Waals surface area contributed by atoms with Crippen LogP contribution in [0.2, 0.25) is 0 Å². The first kappa shape index (κ1) is 18.7. The Hall–Kier alpha value is -2.05. The second kappa shape index (κ2) is 7.68. The van der Waals surface area contributed by atoms with Crippen LogP contribution in [0.15, 0.2) is 59.9 Å². The van der Waals surface area contributed by atoms with Gasteiger partial charge in [0.05, 0.1) is 23.3 Å². The van der Waals surface area contributed by atoms with E-state index in [1.807, 2.05) is 24.4 Å². The molecule has 6 heteroatoms. The van der Waals surface area contributed by atoms with Crippen LogP contribution in [-0.4, -0.2) is 35.7 Å². The summed E-state index contributed by atoms with van der Waals surface area (Å²) in [5.74, 6) is 0.618. The third-order valence-electron chi connectivity index (χ3n) is 4.08. The van der Waals surface area contributed by atoms with E-state index in [1.54, 1.807) is 0 Å². The second-order valence-electron chi connectivity index (χ2n) is 6.40. The molecule has 0 saturated heterocycles. The largest absolute Gasteiger partial charge is 0.287 e. The zero-order valence-corrected chi connectivity index (χ0v) is 16.8. The Labute approximate surface area is 159 Å². The molecule has 0 atom stereocenters. The summed E-state index contributed by atoms with van der Waals surface area (Å²) < 4.78 is 25.0. The number of hydrogen-bond donors (Lipinski definition) is 0. The zero-order valence-electron chi connectivity index (χ0n) is 15.1. The first-order valence-electron chi connectivity index (χ1n) is 8.36. The molecule has 3 aromatic rings. The minimum absolute atomic E-state index is 0.137. The van der Waals surface area contributed by atoms with E-state index in [-0.39, 0.29) is 5.75 Å². The van der Waals surface area contributed by atoms with Crippen molar-refractivity contribution in [1.82, 2.24) is 9.55 Å². The first-order valence-corrected chi connectivity index (χ1v) is 11.4. The molecular weight excluding hydrogens is 364 g/mol. The number of sulfone groups is 1. The molecule has 2 aromatic carbocycles. The van der Waals surface area contributed by atoms with Gasteiger partial charge in [0.25, 0.3) is 0 Å². The van der Waals surface area contributed by atoms with E-state index in [0.29, 0.717) is 5.75 Å². The van der Waals surface area contributed by atoms with Gasteiger partial charge in [0.2, 0.25) is 0 Å². The van der Waals surface area contributed by atoms with Crippen molar-refractivity contribution in [3.63, 3.8) is 0 Å². The number of hydrogen-bond acceptors (Lipinski definition) is 4. The number of nitrogens with zero attached hydrogens (tertiary/aromatic N) is 2. The van der Waals surface area contributed by atoms with Gasteiger partial charge in [-0.2, -0.15) is 0 Å². The van der Waals surface area contributed by atoms with Gasteiger partial charge in [0, 0.05) is 17.6 Å². The van der Waals surface area contributed by atoms with Gasteiger partial charge in [-0.25, -0.2) is 13.4 Å². The summed E-state index contributed by atoms with van der Waals surface area (Å²) in [7, 11) is -2.99. The van der Waals surface area contributed by atoms with Gasteiger partial charge in [-0.3, -0.25) is 4.57 Å². The lowest BCUT2D eigenvalue weighted by atomic mass is 10.1. The van der Waals surface area contributed by atoms with Crippen molar-refractivity contribution in [2.24, 2.45) is 0 Å². The number of thioether (sulfide) groups is 1. The van der Waals surface area contributed by atoms with E-state index in [9.17, 15) is 8.42 Å². The molecule has 0 spiro atoms. The zero-order chi connectivity index (χ0) is 18.7. The van der Waals surface area contributed by atoms with Crippen molar-refractivity contribution in [2.45, 2.75) is 19.0 Å². The van der Waals surface area contributed by atoms with Crippen LogP contribution in [0.4, 0.5) is 0 Å². The Morgan fingerprint density at radius 3 is 2.46 bits per heavy atom. The van der Waals surface area contributed by atoms with Crippen LogP contribution < -0.4 is 0 Å². The van der Waals surface area contributed by atoms with E-state index in [1.165, 1.54) is 23.6 Å². The molecule has 1 aromatic heterocycles. The Kier molecular flexibility index (Phi) is 5.53. The molecule has 3 rings (SSSR count). The fraction of sp³-hybridized carbons (Fsp3) is 0.250. The molecule has 0 radical (unpaired) electrons. The molecule has 0 aliphatic heterocycles. The molecule has 1 heterocycles. The van der Waals surface area contributed by atoms with Gasteiger partial charge >= 0.3 is 0 Å². The quantitative estimate of drug-likeness (QED) is 0.593. The Morgan fingerprint density at radius 1 is 1.08 bits per heavy atom. The van der Waals surface area contributed by atoms with Crippen molar-refractivity contribution < 1.29 is 8.42 Å². The van der Waals surface area contributed by atoms with E-state index >= 15 is 0 Å². The highest BCUT2D eigenvalue weighted by Crippen LogP contribution is 2.31. The first-order chi connectivity index (χ1) is 12.3. The number of rotatable bonds is 6. The van der Waals surface area contributed by atoms with E-state index < -0.39 is 9.84 Å². The summed E-state index contributed by atoms with van der Waals surface area (Å²) in [6.07, 6.45) is 3.12. The standard InChI is InChI=1S/C20H22N2O2S2/c1-15-9-10-18(16(2)13-15)22-19(17-7-5-4-6-8-17)14-21-20(22)25-11-12-26(3,23)24/h4-10,13-14H,11-12H2,1-3H3. The van der Waals surface area contributed by atoms with Gasteiger partial charge in [-0.1, -0.05) is 59.8 Å². The van der Waals surface area contributed by atoms with Gasteiger partial charge < -0.3 is 0 Å². The highest BCUT2D eigenvalue weighted by atomic mass is 32.2. The highest BCUT2D eigenvalue weighted by Gasteiger charge is 2.16. The number of imidazole rings is 1. The lowest BCUT2D eigenvalue weighted by Crippen LogP contribution is -2.07. The van der Waals surface area contributed by atoms with Crippen LogP contribution in [0.25, 0.3) is 16.9 Å². The van der Waals surface area contributed by atoms with E-state index in [4.69, 9.17) is 0 Å². The normalized spacial score (nSPS) is 11.7. The monoisotopic (exact) mass is 386 g/mol. The van der Waals surface area contributed by atoms with Crippen molar-refractivity contribution >= 4 is 21.6 Å². The molecular formula is C20H22N2O2S2. The van der Waals surface area contributed by atoms with Crippen LogP contribution in [-0.2, 0) is 9.84 Å². The van der Waals surface area contributed by atoms with Gasteiger partial charge in [-0.15, -0.1) is 0 Å². The number of aromatic nitrogens is 2. The molecule has 0 fully saturated rings. The van der Waals surface area contributed by atoms with Gasteiger partial charge in [0.15, 0.2) is 5.16 Å². The summed E-state index contributed by atoms with van der Waals surface area (Å²) in [5.41, 5.74) is 5.51. The predicted octanol–water partition coefficient (Wildman–Crippen LogP) is 4.29. The topological polar surface area (TPSA) is 52.0 Å². The maximum atomic E-state index is 11.5. The maximum Gasteiger partial charge on any atom is 0.173 e. The average molecular weight is 387 g/mol. The van der Waals surface area contributed by atoms with Crippen LogP contribution in [0.5, 0.6) is 0 Å². The average Bonchev–Trinajstić information content (AvgIpc) is 2.98. The smallest absolute Gasteiger partial charge is 0.173 e. The molecule has 0 amide bonds. The van der Waals surface area contributed by atoms with Gasteiger partial charge in [0.1, 0.15) is 9.84 Å². The lowest BCUT2D eigenvalue weighted by molar-refractivity contribution is 0.603. The Balaban J connectivity index is 2.06. The highest BCUT2D eigenvalue weighted by molar-refractivity contribution is 8.00. The van der Waals surface area contributed by atoms with E-state index in [0.717, 1.165) is 27.7 Å². The molecule has 136 valence electrons. The fourth-order valence-electron chi connectivity index (χ4n) is 2.82. The van der Waals surface area contributed by atoms with Crippen LogP contribution >= 0.6 is 11.8 Å². The van der Waals surface area contributed by atoms with Crippen molar-refractivity contribution in [3.05, 3.63) is 65.9 Å². The van der Waals surface area contributed by atoms with Crippen molar-refractivity contribution in [1.29, 1.82) is 0 Å². The van der Waals surface area contributed by atoms with Crippen molar-refractivity contribution in [2.75, 3.05) is 17.8 Å². The molecule has 4 nitrogen and oxygen atoms in total. The molecule has 0 N–H and O–H groups in total. The molecule has 0 bridgehead atoms. The Bertz CT molecular complexity index is 1010. The second-order valence-corrected chi connectivity index (χ2v) is 9.72. The minimum atomic E-state index is -2.99. The molecule has 0 aliphatic carbocycles. The number of aryl methyl sites for hydroxylation is 2. The summed E-state index contributed by atoms with van der Waals surface area (Å²) >= 11 is 1.47. The SMILES string of the molecule is Cc1ccc(-n2c(-c3ccccc3)cnc2SCCS(C)(=O)=O)c(C)c1. The minimum Gasteiger partial charge on any atom is -0.287 e. The molecule has 0 aliphatic rings. The van der Waals surface area contributed by atoms with Gasteiger partial charge in [-0.05, 0) is 25.5 Å². The summed E-state index contributed by atoms with van der Waals surface area (Å²) in [5, 5.41) is 0.805. The van der Waals surface area contributed by atoms with Crippen molar-refractivity contribution in [3.8, 4) is 16.9 Å². The fourth-order valence-corrected chi connectivity index (χ4v) is 5.00. The third kappa shape index (κ3) is 4.37. The Morgan fingerprint density at radius 2 is 1.81 bits per heavy atom. The van der Waals surface area contributed by atoms with Crippen LogP contribution in [0.1, 0.15) is 11.1 Å². The van der Waals surface area contributed by atoms with E-state index in [2.05, 4.69) is 53.7 Å². The summed E-state index contributed by atoms with van der Waals surface area (Å²) in [6, 6.07) is 16.4. The number of benzene rings is 2. The maximum absolute atomic E-state index is 11.5. The molecule has 0 unspecified atom stereocenters. The third-order valence-corrected chi connectivity index (χ3v) is 6.24. The lowest BCUT2D eigenvalue weighted by Gasteiger charge is -2.15. The summed E-state index contributed by atoms with van der Waals surface area (Å²) in [6.45, 7) is 4.16. The van der Waals surface area contributed by atoms with Crippen LogP contribution in [0.3, 0.4) is 0 Å².